The first kappa shape index (κ1) is 15.9. The second-order valence-electron chi connectivity index (χ2n) is 6.92. The lowest BCUT2D eigenvalue weighted by molar-refractivity contribution is -0.136. The summed E-state index contributed by atoms with van der Waals surface area (Å²) in [6.07, 6.45) is 1.06. The molecule has 1 atom stereocenters. The highest BCUT2D eigenvalue weighted by Gasteiger charge is 2.52. The molecule has 3 amide bonds. The van der Waals surface area contributed by atoms with Gasteiger partial charge >= 0.3 is 6.09 Å². The van der Waals surface area contributed by atoms with Crippen LogP contribution in [0.1, 0.15) is 18.4 Å². The average molecular weight is 343 g/mol. The molecule has 7 heteroatoms. The summed E-state index contributed by atoms with van der Waals surface area (Å²) in [6, 6.07) is 7.80. The van der Waals surface area contributed by atoms with E-state index in [1.165, 1.54) is 4.90 Å². The van der Waals surface area contributed by atoms with Gasteiger partial charge in [-0.1, -0.05) is 18.2 Å². The highest BCUT2D eigenvalue weighted by atomic mass is 16.6. The van der Waals surface area contributed by atoms with Crippen molar-refractivity contribution in [3.05, 3.63) is 29.8 Å². The topological polar surface area (TPSA) is 70.2 Å². The third-order valence-corrected chi connectivity index (χ3v) is 5.51. The first-order chi connectivity index (χ1) is 12.0. The van der Waals surface area contributed by atoms with Gasteiger partial charge in [0.2, 0.25) is 11.8 Å². The Labute approximate surface area is 146 Å². The van der Waals surface area contributed by atoms with Gasteiger partial charge in [0.1, 0.15) is 13.2 Å². The number of piperidine rings is 1. The van der Waals surface area contributed by atoms with E-state index in [4.69, 9.17) is 4.74 Å². The molecule has 3 aliphatic heterocycles. The average Bonchev–Trinajstić information content (AvgIpc) is 3.12. The molecule has 132 valence electrons. The lowest BCUT2D eigenvalue weighted by Crippen LogP contribution is -2.54. The molecule has 0 radical (unpaired) electrons. The molecule has 2 saturated heterocycles. The van der Waals surface area contributed by atoms with Crippen LogP contribution in [-0.2, 0) is 19.7 Å². The predicted octanol–water partition coefficient (Wildman–Crippen LogP) is 0.975. The number of hydrogen-bond acceptors (Lipinski definition) is 4. The molecule has 1 spiro atoms. The number of carbonyl (C=O) groups excluding carboxylic acids is 3. The summed E-state index contributed by atoms with van der Waals surface area (Å²) in [6.45, 7) is 1.76. The van der Waals surface area contributed by atoms with Gasteiger partial charge in [0.25, 0.3) is 0 Å². The van der Waals surface area contributed by atoms with Crippen molar-refractivity contribution in [1.82, 2.24) is 9.80 Å². The zero-order valence-electron chi connectivity index (χ0n) is 14.2. The number of para-hydroxylation sites is 1. The molecular weight excluding hydrogens is 322 g/mol. The maximum atomic E-state index is 13.0. The van der Waals surface area contributed by atoms with Crippen LogP contribution in [0, 0.1) is 0 Å². The number of rotatable bonds is 2. The Kier molecular flexibility index (Phi) is 3.67. The summed E-state index contributed by atoms with van der Waals surface area (Å²) in [5.41, 5.74) is 1.26. The first-order valence-corrected chi connectivity index (χ1v) is 8.60. The van der Waals surface area contributed by atoms with Crippen LogP contribution in [0.3, 0.4) is 0 Å². The number of hydrogen-bond donors (Lipinski definition) is 0. The number of nitrogens with zero attached hydrogens (tertiary/aromatic N) is 3. The van der Waals surface area contributed by atoms with Crippen LogP contribution in [0.5, 0.6) is 0 Å². The van der Waals surface area contributed by atoms with Gasteiger partial charge in [0.05, 0.1) is 12.0 Å². The number of cyclic esters (lactones) is 1. The van der Waals surface area contributed by atoms with Crippen molar-refractivity contribution in [3.63, 3.8) is 0 Å². The Morgan fingerprint density at radius 2 is 2.04 bits per heavy atom. The number of benzene rings is 1. The normalized spacial score (nSPS) is 25.6. The smallest absolute Gasteiger partial charge is 0.410 e. The zero-order chi connectivity index (χ0) is 17.6. The highest BCUT2D eigenvalue weighted by Crippen LogP contribution is 2.46. The van der Waals surface area contributed by atoms with Gasteiger partial charge in [-0.2, -0.15) is 0 Å². The molecular formula is C18H21N3O4. The molecule has 1 aromatic carbocycles. The van der Waals surface area contributed by atoms with Crippen molar-refractivity contribution in [2.75, 3.05) is 44.7 Å². The molecule has 3 aliphatic rings. The van der Waals surface area contributed by atoms with Gasteiger partial charge in [-0.15, -0.1) is 0 Å². The van der Waals surface area contributed by atoms with E-state index in [9.17, 15) is 14.4 Å². The monoisotopic (exact) mass is 343 g/mol. The van der Waals surface area contributed by atoms with E-state index in [1.54, 1.807) is 16.8 Å². The largest absolute Gasteiger partial charge is 0.448 e. The highest BCUT2D eigenvalue weighted by molar-refractivity contribution is 6.08. The SMILES string of the molecule is CN1C(=O)[C@@]2(CCCN(C(=O)CN3CCOC3=O)C2)c2ccccc21. The zero-order valence-corrected chi connectivity index (χ0v) is 14.2. The number of likely N-dealkylation sites (N-methyl/N-ethyl adjacent to an activating group) is 1. The van der Waals surface area contributed by atoms with Gasteiger partial charge in [-0.25, -0.2) is 4.79 Å². The fraction of sp³-hybridized carbons (Fsp3) is 0.500. The minimum absolute atomic E-state index is 0.0145. The van der Waals surface area contributed by atoms with E-state index < -0.39 is 11.5 Å². The molecule has 0 aromatic heterocycles. The van der Waals surface area contributed by atoms with E-state index in [1.807, 2.05) is 24.3 Å². The summed E-state index contributed by atoms with van der Waals surface area (Å²) < 4.78 is 4.88. The van der Waals surface area contributed by atoms with E-state index >= 15 is 0 Å². The number of carbonyl (C=O) groups is 3. The van der Waals surface area contributed by atoms with Crippen molar-refractivity contribution >= 4 is 23.6 Å². The minimum Gasteiger partial charge on any atom is -0.448 e. The molecule has 0 aliphatic carbocycles. The third kappa shape index (κ3) is 2.37. The molecule has 0 saturated carbocycles. The standard InChI is InChI=1S/C18H21N3O4/c1-19-14-6-3-2-5-13(14)18(16(19)23)7-4-8-21(12-18)15(22)11-20-9-10-25-17(20)24/h2-3,5-6H,4,7-12H2,1H3/t18-/m1/s1. The van der Waals surface area contributed by atoms with Crippen LogP contribution >= 0.6 is 0 Å². The van der Waals surface area contributed by atoms with Gasteiger partial charge < -0.3 is 14.5 Å². The van der Waals surface area contributed by atoms with Crippen LogP contribution in [0.25, 0.3) is 0 Å². The van der Waals surface area contributed by atoms with Crippen molar-refractivity contribution in [3.8, 4) is 0 Å². The lowest BCUT2D eigenvalue weighted by Gasteiger charge is -2.39. The van der Waals surface area contributed by atoms with Crippen LogP contribution < -0.4 is 4.90 Å². The molecule has 25 heavy (non-hydrogen) atoms. The Hall–Kier alpha value is -2.57. The Morgan fingerprint density at radius 1 is 1.24 bits per heavy atom. The summed E-state index contributed by atoms with van der Waals surface area (Å²) in [5, 5.41) is 0. The third-order valence-electron chi connectivity index (χ3n) is 5.51. The summed E-state index contributed by atoms with van der Waals surface area (Å²) in [7, 11) is 1.79. The van der Waals surface area contributed by atoms with Crippen molar-refractivity contribution in [1.29, 1.82) is 0 Å². The van der Waals surface area contributed by atoms with Crippen LogP contribution in [0.15, 0.2) is 24.3 Å². The second-order valence-corrected chi connectivity index (χ2v) is 6.92. The van der Waals surface area contributed by atoms with Crippen molar-refractivity contribution in [2.24, 2.45) is 0 Å². The van der Waals surface area contributed by atoms with Gasteiger partial charge in [-0.3, -0.25) is 14.5 Å². The molecule has 3 heterocycles. The summed E-state index contributed by atoms with van der Waals surface area (Å²) >= 11 is 0. The second kappa shape index (κ2) is 5.75. The Balaban J connectivity index is 1.58. The van der Waals surface area contributed by atoms with E-state index in [-0.39, 0.29) is 18.4 Å². The molecule has 7 nitrogen and oxygen atoms in total. The molecule has 2 fully saturated rings. The summed E-state index contributed by atoms with van der Waals surface area (Å²) in [5.74, 6) is -0.0791. The number of fused-ring (bicyclic) bond motifs is 2. The van der Waals surface area contributed by atoms with E-state index in [0.717, 1.165) is 24.1 Å². The number of ether oxygens (including phenoxy) is 1. The van der Waals surface area contributed by atoms with Gasteiger partial charge in [-0.05, 0) is 24.5 Å². The van der Waals surface area contributed by atoms with Crippen LogP contribution in [-0.4, -0.2) is 67.5 Å². The fourth-order valence-corrected chi connectivity index (χ4v) is 4.21. The Morgan fingerprint density at radius 3 is 2.80 bits per heavy atom. The van der Waals surface area contributed by atoms with Crippen molar-refractivity contribution in [2.45, 2.75) is 18.3 Å². The van der Waals surface area contributed by atoms with E-state index in [0.29, 0.717) is 26.2 Å². The first-order valence-electron chi connectivity index (χ1n) is 8.60. The number of anilines is 1. The molecule has 4 rings (SSSR count). The predicted molar refractivity (Wildman–Crippen MR) is 90.3 cm³/mol. The van der Waals surface area contributed by atoms with Crippen molar-refractivity contribution < 1.29 is 19.1 Å². The van der Waals surface area contributed by atoms with Crippen LogP contribution in [0.2, 0.25) is 0 Å². The van der Waals surface area contributed by atoms with Gasteiger partial charge in [0, 0.05) is 25.8 Å². The summed E-state index contributed by atoms with van der Waals surface area (Å²) in [4.78, 5) is 42.1. The fourth-order valence-electron chi connectivity index (χ4n) is 4.21. The number of likely N-dealkylation sites (tertiary alicyclic amines) is 1. The Bertz CT molecular complexity index is 750. The maximum absolute atomic E-state index is 13.0. The quantitative estimate of drug-likeness (QED) is 0.802. The van der Waals surface area contributed by atoms with Crippen LogP contribution in [0.4, 0.5) is 10.5 Å². The van der Waals surface area contributed by atoms with E-state index in [2.05, 4.69) is 0 Å². The molecule has 1 aromatic rings. The maximum Gasteiger partial charge on any atom is 0.410 e. The number of amides is 3. The van der Waals surface area contributed by atoms with Gasteiger partial charge in [0.15, 0.2) is 0 Å². The lowest BCUT2D eigenvalue weighted by atomic mass is 9.75. The molecule has 0 N–H and O–H groups in total. The minimum atomic E-state index is -0.662. The molecule has 0 bridgehead atoms. The molecule has 0 unspecified atom stereocenters.